The van der Waals surface area contributed by atoms with Crippen LogP contribution in [0.3, 0.4) is 0 Å². The maximum atomic E-state index is 15.3. The van der Waals surface area contributed by atoms with Crippen LogP contribution in [0, 0.1) is 23.5 Å². The number of ether oxygens (including phenoxy) is 4. The molecule has 0 spiro atoms. The van der Waals surface area contributed by atoms with E-state index in [0.29, 0.717) is 17.4 Å². The molecule has 242 valence electrons. The van der Waals surface area contributed by atoms with Gasteiger partial charge in [-0.25, -0.2) is 8.78 Å². The smallest absolute Gasteiger partial charge is 0.306 e. The van der Waals surface area contributed by atoms with Gasteiger partial charge in [0.05, 0.1) is 48.8 Å². The number of benzene rings is 2. The molecule has 0 saturated carbocycles. The molecule has 2 aromatic carbocycles. The van der Waals surface area contributed by atoms with Crippen molar-refractivity contribution >= 4 is 45.1 Å². The summed E-state index contributed by atoms with van der Waals surface area (Å²) in [4.78, 5) is 49.0. The third-order valence-electron chi connectivity index (χ3n) is 7.42. The van der Waals surface area contributed by atoms with Crippen LogP contribution >= 0.6 is 11.3 Å². The number of ketones is 1. The Labute approximate surface area is 261 Å². The molecular weight excluding hydrogens is 616 g/mol. The third-order valence-corrected chi connectivity index (χ3v) is 8.60. The molecule has 0 saturated heterocycles. The summed E-state index contributed by atoms with van der Waals surface area (Å²) in [5, 5.41) is 18.6. The molecule has 2 heterocycles. The van der Waals surface area contributed by atoms with Crippen molar-refractivity contribution in [3.63, 3.8) is 0 Å². The van der Waals surface area contributed by atoms with E-state index in [1.807, 2.05) is 0 Å². The van der Waals surface area contributed by atoms with Crippen molar-refractivity contribution < 1.29 is 57.1 Å². The van der Waals surface area contributed by atoms with E-state index >= 15 is 8.78 Å². The van der Waals surface area contributed by atoms with Gasteiger partial charge in [-0.3, -0.25) is 19.2 Å². The number of thiophene rings is 1. The highest BCUT2D eigenvalue weighted by molar-refractivity contribution is 7.20. The second-order valence-corrected chi connectivity index (χ2v) is 11.8. The summed E-state index contributed by atoms with van der Waals surface area (Å²) in [5.41, 5.74) is 0.800. The highest BCUT2D eigenvalue weighted by Gasteiger charge is 2.31. The molecular formula is C31H33F2NO10S. The summed E-state index contributed by atoms with van der Waals surface area (Å²) in [6.07, 6.45) is -0.126. The predicted molar refractivity (Wildman–Crippen MR) is 158 cm³/mol. The Balaban J connectivity index is 1.40. The lowest BCUT2D eigenvalue weighted by molar-refractivity contribution is -0.145. The molecule has 0 unspecified atom stereocenters. The van der Waals surface area contributed by atoms with Crippen molar-refractivity contribution in [1.29, 1.82) is 0 Å². The van der Waals surface area contributed by atoms with Crippen LogP contribution in [0.1, 0.15) is 53.9 Å². The first kappa shape index (κ1) is 33.4. The lowest BCUT2D eigenvalue weighted by atomic mass is 10.0. The quantitative estimate of drug-likeness (QED) is 0.164. The molecule has 1 aliphatic heterocycles. The molecule has 14 heteroatoms. The number of carboxylic acid groups (broad SMARTS) is 2. The fourth-order valence-corrected chi connectivity index (χ4v) is 5.86. The second kappa shape index (κ2) is 14.1. The number of nitrogens with zero attached hydrogens (tertiary/aromatic N) is 1. The minimum absolute atomic E-state index is 0.0131. The number of fused-ring (bicyclic) bond motifs is 2. The van der Waals surface area contributed by atoms with Gasteiger partial charge in [0.2, 0.25) is 5.91 Å². The summed E-state index contributed by atoms with van der Waals surface area (Å²) in [6, 6.07) is 4.62. The summed E-state index contributed by atoms with van der Waals surface area (Å²) < 4.78 is 52.8. The Hall–Kier alpha value is -4.46. The molecule has 4 rings (SSSR count). The van der Waals surface area contributed by atoms with E-state index in [9.17, 15) is 19.2 Å². The standard InChI is InChI=1S/C31H33F2NO10S/c1-15(30(37)38)8-20(35)23-12-17-10-21(28(42-4)26(33)29(17)45-23)43-6-5-7-44-22-11-18-13-34(24(36)9-16(2)31(39)40)14-19(18)25(32)27(22)41-3/h10-12,15-16H,5-9,13-14H2,1-4H3,(H,37,38)(H,39,40)/t15-,16-/m0/s1. The van der Waals surface area contributed by atoms with Gasteiger partial charge in [0.15, 0.2) is 40.4 Å². The number of aliphatic carboxylic acids is 2. The van der Waals surface area contributed by atoms with E-state index in [-0.39, 0.29) is 77.3 Å². The van der Waals surface area contributed by atoms with E-state index in [4.69, 9.17) is 29.2 Å². The van der Waals surface area contributed by atoms with Crippen LogP contribution in [-0.2, 0) is 27.5 Å². The number of methoxy groups -OCH3 is 2. The summed E-state index contributed by atoms with van der Waals surface area (Å²) >= 11 is 0.911. The van der Waals surface area contributed by atoms with Crippen molar-refractivity contribution in [2.45, 2.75) is 46.2 Å². The number of hydrogen-bond donors (Lipinski definition) is 2. The zero-order valence-electron chi connectivity index (χ0n) is 25.1. The van der Waals surface area contributed by atoms with Crippen LogP contribution in [0.5, 0.6) is 23.0 Å². The molecule has 2 atom stereocenters. The maximum Gasteiger partial charge on any atom is 0.306 e. The first-order valence-corrected chi connectivity index (χ1v) is 14.9. The van der Waals surface area contributed by atoms with Gasteiger partial charge in [-0.1, -0.05) is 13.8 Å². The molecule has 3 aromatic rings. The number of halogens is 2. The number of carbonyl (C=O) groups is 4. The van der Waals surface area contributed by atoms with Gasteiger partial charge in [0, 0.05) is 43.3 Å². The van der Waals surface area contributed by atoms with E-state index < -0.39 is 47.1 Å². The molecule has 0 aliphatic carbocycles. The van der Waals surface area contributed by atoms with Crippen LogP contribution in [-0.4, -0.2) is 66.2 Å². The van der Waals surface area contributed by atoms with Gasteiger partial charge in [0.25, 0.3) is 0 Å². The van der Waals surface area contributed by atoms with Crippen LogP contribution in [0.2, 0.25) is 0 Å². The monoisotopic (exact) mass is 649 g/mol. The minimum atomic E-state index is -1.10. The van der Waals surface area contributed by atoms with E-state index in [0.717, 1.165) is 11.3 Å². The number of rotatable bonds is 15. The first-order valence-electron chi connectivity index (χ1n) is 14.1. The number of Topliss-reactive ketones (excluding diaryl/α,β-unsaturated/α-hetero) is 1. The fourth-order valence-electron chi connectivity index (χ4n) is 4.84. The first-order chi connectivity index (χ1) is 21.4. The van der Waals surface area contributed by atoms with Gasteiger partial charge in [-0.15, -0.1) is 11.3 Å². The van der Waals surface area contributed by atoms with Gasteiger partial charge in [-0.2, -0.15) is 0 Å². The van der Waals surface area contributed by atoms with Crippen molar-refractivity contribution in [2.24, 2.45) is 11.8 Å². The second-order valence-electron chi connectivity index (χ2n) is 10.7. The number of amides is 1. The van der Waals surface area contributed by atoms with Crippen LogP contribution < -0.4 is 18.9 Å². The number of carboxylic acids is 2. The summed E-state index contributed by atoms with van der Waals surface area (Å²) in [5.74, 6) is -6.17. The maximum absolute atomic E-state index is 15.3. The normalized spacial score (nSPS) is 13.7. The highest BCUT2D eigenvalue weighted by atomic mass is 32.1. The molecule has 0 radical (unpaired) electrons. The number of hydrogen-bond acceptors (Lipinski definition) is 9. The van der Waals surface area contributed by atoms with Crippen LogP contribution in [0.25, 0.3) is 10.1 Å². The Morgan fingerprint density at radius 1 is 0.867 bits per heavy atom. The highest BCUT2D eigenvalue weighted by Crippen LogP contribution is 2.41. The molecule has 1 amide bonds. The molecule has 1 aliphatic rings. The molecule has 2 N–H and O–H groups in total. The lowest BCUT2D eigenvalue weighted by Crippen LogP contribution is -2.28. The van der Waals surface area contributed by atoms with Gasteiger partial charge >= 0.3 is 11.9 Å². The Bertz CT molecular complexity index is 1640. The van der Waals surface area contributed by atoms with Crippen molar-refractivity contribution in [3.05, 3.63) is 45.8 Å². The SMILES string of the molecule is COc1c(OCCCOc2cc3cc(C(=O)C[C@H](C)C(=O)O)sc3c(F)c2OC)cc2c(c1F)CN(C(=O)C[C@H](C)C(=O)O)C2. The third kappa shape index (κ3) is 7.27. The van der Waals surface area contributed by atoms with Crippen molar-refractivity contribution in [1.82, 2.24) is 4.90 Å². The average molecular weight is 650 g/mol. The zero-order chi connectivity index (χ0) is 33.0. The van der Waals surface area contributed by atoms with Gasteiger partial charge in [-0.05, 0) is 23.8 Å². The topological polar surface area (TPSA) is 149 Å². The zero-order valence-corrected chi connectivity index (χ0v) is 25.9. The largest absolute Gasteiger partial charge is 0.490 e. The van der Waals surface area contributed by atoms with Gasteiger partial charge < -0.3 is 34.1 Å². The minimum Gasteiger partial charge on any atom is -0.490 e. The molecule has 1 aromatic heterocycles. The van der Waals surface area contributed by atoms with Crippen molar-refractivity contribution in [2.75, 3.05) is 27.4 Å². The van der Waals surface area contributed by atoms with Crippen molar-refractivity contribution in [3.8, 4) is 23.0 Å². The Morgan fingerprint density at radius 3 is 2.04 bits per heavy atom. The molecule has 11 nitrogen and oxygen atoms in total. The van der Waals surface area contributed by atoms with Crippen LogP contribution in [0.4, 0.5) is 8.78 Å². The molecule has 0 bridgehead atoms. The summed E-state index contributed by atoms with van der Waals surface area (Å²) in [7, 11) is 2.57. The lowest BCUT2D eigenvalue weighted by Gasteiger charge is -2.16. The predicted octanol–water partition coefficient (Wildman–Crippen LogP) is 5.29. The number of carbonyl (C=O) groups excluding carboxylic acids is 2. The van der Waals surface area contributed by atoms with Gasteiger partial charge in [0.1, 0.15) is 0 Å². The average Bonchev–Trinajstić information content (AvgIpc) is 3.62. The Kier molecular flexibility index (Phi) is 10.5. The van der Waals surface area contributed by atoms with E-state index in [1.165, 1.54) is 45.1 Å². The molecule has 45 heavy (non-hydrogen) atoms. The summed E-state index contributed by atoms with van der Waals surface area (Å²) in [6.45, 7) is 3.07. The van der Waals surface area contributed by atoms with E-state index in [1.54, 1.807) is 6.07 Å². The Morgan fingerprint density at radius 2 is 1.44 bits per heavy atom. The fraction of sp³-hybridized carbons (Fsp3) is 0.419. The van der Waals surface area contributed by atoms with E-state index in [2.05, 4.69) is 0 Å². The molecule has 0 fully saturated rings. The van der Waals surface area contributed by atoms with Crippen LogP contribution in [0.15, 0.2) is 18.2 Å².